The number of hydrogen-bond donors (Lipinski definition) is 1. The molecule has 0 saturated heterocycles. The van der Waals surface area contributed by atoms with Crippen LogP contribution in [0.2, 0.25) is 0 Å². The standard InChI is InChI=1S/C21H25FN4/c1-25(2)12-11-23-21-18-13-15(26(3)4)9-10-16(18)19(14-24-21)17-7-5-6-8-20(17)22/h5-10,13-14H,11-12H2,1-4H3,(H,23,24). The first-order valence-electron chi connectivity index (χ1n) is 8.71. The summed E-state index contributed by atoms with van der Waals surface area (Å²) in [6.07, 6.45) is 1.76. The molecule has 0 bridgehead atoms. The summed E-state index contributed by atoms with van der Waals surface area (Å²) in [7, 11) is 8.10. The van der Waals surface area contributed by atoms with Crippen LogP contribution in [0.4, 0.5) is 15.9 Å². The predicted molar refractivity (Wildman–Crippen MR) is 109 cm³/mol. The van der Waals surface area contributed by atoms with Crippen LogP contribution in [0, 0.1) is 5.82 Å². The Balaban J connectivity index is 2.13. The fourth-order valence-corrected chi connectivity index (χ4v) is 2.94. The normalized spacial score (nSPS) is 11.2. The summed E-state index contributed by atoms with van der Waals surface area (Å²) >= 11 is 0. The largest absolute Gasteiger partial charge is 0.378 e. The van der Waals surface area contributed by atoms with E-state index >= 15 is 0 Å². The van der Waals surface area contributed by atoms with Crippen LogP contribution in [0.1, 0.15) is 0 Å². The number of pyridine rings is 1. The Morgan fingerprint density at radius 2 is 1.73 bits per heavy atom. The number of aromatic nitrogens is 1. The molecule has 1 aromatic heterocycles. The number of halogens is 1. The van der Waals surface area contributed by atoms with Crippen LogP contribution < -0.4 is 10.2 Å². The van der Waals surface area contributed by atoms with Crippen LogP contribution in [0.25, 0.3) is 21.9 Å². The third-order valence-electron chi connectivity index (χ3n) is 4.40. The van der Waals surface area contributed by atoms with Gasteiger partial charge in [-0.2, -0.15) is 0 Å². The molecule has 4 nitrogen and oxygen atoms in total. The van der Waals surface area contributed by atoms with Crippen molar-refractivity contribution in [2.45, 2.75) is 0 Å². The van der Waals surface area contributed by atoms with Gasteiger partial charge in [-0.15, -0.1) is 0 Å². The van der Waals surface area contributed by atoms with Crippen molar-refractivity contribution in [1.29, 1.82) is 0 Å². The van der Waals surface area contributed by atoms with E-state index in [0.717, 1.165) is 40.9 Å². The molecule has 0 aliphatic carbocycles. The van der Waals surface area contributed by atoms with Crippen molar-refractivity contribution >= 4 is 22.3 Å². The van der Waals surface area contributed by atoms with Gasteiger partial charge in [0.15, 0.2) is 0 Å². The lowest BCUT2D eigenvalue weighted by Gasteiger charge is -2.18. The fraction of sp³-hybridized carbons (Fsp3) is 0.286. The summed E-state index contributed by atoms with van der Waals surface area (Å²) in [5, 5.41) is 5.40. The van der Waals surface area contributed by atoms with Gasteiger partial charge in [-0.3, -0.25) is 0 Å². The van der Waals surface area contributed by atoms with Crippen molar-refractivity contribution in [2.24, 2.45) is 0 Å². The van der Waals surface area contributed by atoms with Crippen molar-refractivity contribution < 1.29 is 4.39 Å². The summed E-state index contributed by atoms with van der Waals surface area (Å²) < 4.78 is 14.3. The van der Waals surface area contributed by atoms with Crippen LogP contribution >= 0.6 is 0 Å². The molecule has 3 rings (SSSR count). The minimum Gasteiger partial charge on any atom is -0.378 e. The quantitative estimate of drug-likeness (QED) is 0.724. The van der Waals surface area contributed by atoms with Gasteiger partial charge in [0.2, 0.25) is 0 Å². The Morgan fingerprint density at radius 3 is 2.42 bits per heavy atom. The molecule has 5 heteroatoms. The van der Waals surface area contributed by atoms with Gasteiger partial charge in [0.1, 0.15) is 11.6 Å². The molecule has 136 valence electrons. The first-order chi connectivity index (χ1) is 12.5. The summed E-state index contributed by atoms with van der Waals surface area (Å²) in [4.78, 5) is 8.78. The zero-order valence-corrected chi connectivity index (χ0v) is 15.8. The average Bonchev–Trinajstić information content (AvgIpc) is 2.61. The summed E-state index contributed by atoms with van der Waals surface area (Å²) in [6.45, 7) is 1.70. The minimum absolute atomic E-state index is 0.236. The summed E-state index contributed by atoms with van der Waals surface area (Å²) in [5.41, 5.74) is 2.46. The first kappa shape index (κ1) is 18.1. The molecule has 3 aromatic rings. The molecule has 1 heterocycles. The molecule has 0 aliphatic heterocycles. The Labute approximate surface area is 154 Å². The highest BCUT2D eigenvalue weighted by Gasteiger charge is 2.13. The Morgan fingerprint density at radius 1 is 0.962 bits per heavy atom. The maximum absolute atomic E-state index is 14.3. The molecular formula is C21H25FN4. The van der Waals surface area contributed by atoms with E-state index in [1.165, 1.54) is 6.07 Å². The van der Waals surface area contributed by atoms with Gasteiger partial charge in [0, 0.05) is 55.6 Å². The molecule has 0 spiro atoms. The monoisotopic (exact) mass is 352 g/mol. The minimum atomic E-state index is -0.236. The zero-order chi connectivity index (χ0) is 18.7. The van der Waals surface area contributed by atoms with Crippen LogP contribution in [-0.2, 0) is 0 Å². The third kappa shape index (κ3) is 3.78. The molecule has 0 saturated carbocycles. The van der Waals surface area contributed by atoms with Crippen LogP contribution in [0.5, 0.6) is 0 Å². The highest BCUT2D eigenvalue weighted by molar-refractivity contribution is 6.03. The van der Waals surface area contributed by atoms with E-state index in [0.29, 0.717) is 5.56 Å². The third-order valence-corrected chi connectivity index (χ3v) is 4.40. The number of hydrogen-bond acceptors (Lipinski definition) is 4. The molecule has 26 heavy (non-hydrogen) atoms. The van der Waals surface area contributed by atoms with Crippen LogP contribution in [0.3, 0.4) is 0 Å². The van der Waals surface area contributed by atoms with Crippen molar-refractivity contribution in [1.82, 2.24) is 9.88 Å². The second kappa shape index (κ2) is 7.70. The number of nitrogens with one attached hydrogen (secondary N) is 1. The number of anilines is 2. The summed E-state index contributed by atoms with van der Waals surface area (Å²) in [5.74, 6) is 0.589. The number of rotatable bonds is 6. The molecule has 2 aromatic carbocycles. The highest BCUT2D eigenvalue weighted by atomic mass is 19.1. The van der Waals surface area contributed by atoms with Gasteiger partial charge in [0.05, 0.1) is 0 Å². The Kier molecular flexibility index (Phi) is 5.38. The van der Waals surface area contributed by atoms with E-state index in [2.05, 4.69) is 32.2 Å². The molecule has 0 aliphatic rings. The lowest BCUT2D eigenvalue weighted by molar-refractivity contribution is 0.425. The van der Waals surface area contributed by atoms with Gasteiger partial charge in [-0.05, 0) is 37.7 Å². The van der Waals surface area contributed by atoms with Crippen molar-refractivity contribution in [3.05, 3.63) is 54.5 Å². The molecule has 0 fully saturated rings. The maximum Gasteiger partial charge on any atom is 0.133 e. The second-order valence-electron chi connectivity index (χ2n) is 6.85. The number of nitrogens with zero attached hydrogens (tertiary/aromatic N) is 3. The van der Waals surface area contributed by atoms with E-state index in [-0.39, 0.29) is 5.82 Å². The molecule has 1 N–H and O–H groups in total. The van der Waals surface area contributed by atoms with Crippen molar-refractivity contribution in [3.8, 4) is 11.1 Å². The molecule has 0 radical (unpaired) electrons. The SMILES string of the molecule is CN(C)CCNc1ncc(-c2ccccc2F)c2ccc(N(C)C)cc12. The molecule has 0 unspecified atom stereocenters. The summed E-state index contributed by atoms with van der Waals surface area (Å²) in [6, 6.07) is 13.0. The van der Waals surface area contributed by atoms with Gasteiger partial charge in [-0.1, -0.05) is 24.3 Å². The van der Waals surface area contributed by atoms with Crippen molar-refractivity contribution in [3.63, 3.8) is 0 Å². The predicted octanol–water partition coefficient (Wildman–Crippen LogP) is 4.08. The van der Waals surface area contributed by atoms with E-state index < -0.39 is 0 Å². The molecule has 0 atom stereocenters. The maximum atomic E-state index is 14.3. The van der Waals surface area contributed by atoms with Crippen molar-refractivity contribution in [2.75, 3.05) is 51.5 Å². The Hall–Kier alpha value is -2.66. The Bertz CT molecular complexity index is 906. The first-order valence-corrected chi connectivity index (χ1v) is 8.71. The van der Waals surface area contributed by atoms with Crippen LogP contribution in [0.15, 0.2) is 48.7 Å². The topological polar surface area (TPSA) is 31.4 Å². The zero-order valence-electron chi connectivity index (χ0n) is 15.8. The number of benzene rings is 2. The van der Waals surface area contributed by atoms with E-state index in [9.17, 15) is 4.39 Å². The van der Waals surface area contributed by atoms with E-state index in [1.54, 1.807) is 18.3 Å². The van der Waals surface area contributed by atoms with Gasteiger partial charge >= 0.3 is 0 Å². The highest BCUT2D eigenvalue weighted by Crippen LogP contribution is 2.34. The fourth-order valence-electron chi connectivity index (χ4n) is 2.94. The number of fused-ring (bicyclic) bond motifs is 1. The lowest BCUT2D eigenvalue weighted by Crippen LogP contribution is -2.21. The smallest absolute Gasteiger partial charge is 0.133 e. The lowest BCUT2D eigenvalue weighted by atomic mass is 9.99. The van der Waals surface area contributed by atoms with Crippen LogP contribution in [-0.4, -0.2) is 51.2 Å². The van der Waals surface area contributed by atoms with Gasteiger partial charge in [-0.25, -0.2) is 9.37 Å². The second-order valence-corrected chi connectivity index (χ2v) is 6.85. The molecule has 0 amide bonds. The molecular weight excluding hydrogens is 327 g/mol. The van der Waals surface area contributed by atoms with E-state index in [4.69, 9.17) is 0 Å². The average molecular weight is 352 g/mol. The van der Waals surface area contributed by atoms with Gasteiger partial charge < -0.3 is 15.1 Å². The number of likely N-dealkylation sites (N-methyl/N-ethyl adjacent to an activating group) is 1. The van der Waals surface area contributed by atoms with E-state index in [1.807, 2.05) is 40.3 Å². The van der Waals surface area contributed by atoms with Gasteiger partial charge in [0.25, 0.3) is 0 Å².